The number of nitrogens with one attached hydrogen (secondary N) is 2. The van der Waals surface area contributed by atoms with Crippen molar-refractivity contribution in [2.24, 2.45) is 0 Å². The van der Waals surface area contributed by atoms with Crippen molar-refractivity contribution in [3.8, 4) is 0 Å². The molecule has 0 radical (unpaired) electrons. The summed E-state index contributed by atoms with van der Waals surface area (Å²) in [5.41, 5.74) is 5.80. The van der Waals surface area contributed by atoms with Crippen molar-refractivity contribution < 1.29 is 8.42 Å². The van der Waals surface area contributed by atoms with Gasteiger partial charge in [-0.3, -0.25) is 4.98 Å². The van der Waals surface area contributed by atoms with Crippen molar-refractivity contribution in [3.05, 3.63) is 36.7 Å². The fourth-order valence-corrected chi connectivity index (χ4v) is 2.74. The van der Waals surface area contributed by atoms with Crippen molar-refractivity contribution in [2.45, 2.75) is 17.7 Å². The van der Waals surface area contributed by atoms with E-state index in [9.17, 15) is 8.42 Å². The van der Waals surface area contributed by atoms with Crippen molar-refractivity contribution in [1.82, 2.24) is 19.7 Å². The van der Waals surface area contributed by atoms with Crippen LogP contribution in [0.5, 0.6) is 0 Å². The summed E-state index contributed by atoms with van der Waals surface area (Å²) in [7, 11) is -3.60. The van der Waals surface area contributed by atoms with Gasteiger partial charge in [-0.05, 0) is 12.5 Å². The number of aryl methyl sites for hydroxylation is 1. The Kier molecular flexibility index (Phi) is 4.13. The number of aromatic amines is 1. The number of rotatable bonds is 6. The summed E-state index contributed by atoms with van der Waals surface area (Å²) in [4.78, 5) is 10.8. The number of hydrogen-bond donors (Lipinski definition) is 3. The molecular formula is C11H15N5O2S. The van der Waals surface area contributed by atoms with Crippen LogP contribution in [0.1, 0.15) is 12.2 Å². The van der Waals surface area contributed by atoms with Gasteiger partial charge in [-0.15, -0.1) is 0 Å². The Labute approximate surface area is 111 Å². The third kappa shape index (κ3) is 3.52. The highest BCUT2D eigenvalue weighted by Gasteiger charge is 2.16. The number of hydrogen-bond acceptors (Lipinski definition) is 5. The van der Waals surface area contributed by atoms with E-state index in [2.05, 4.69) is 19.7 Å². The lowest BCUT2D eigenvalue weighted by Gasteiger charge is -2.07. The molecule has 0 saturated heterocycles. The van der Waals surface area contributed by atoms with E-state index in [4.69, 9.17) is 5.73 Å². The van der Waals surface area contributed by atoms with Gasteiger partial charge in [0.2, 0.25) is 10.0 Å². The number of pyridine rings is 1. The summed E-state index contributed by atoms with van der Waals surface area (Å²) in [6.07, 6.45) is 7.41. The Hall–Kier alpha value is -1.93. The second-order valence-electron chi connectivity index (χ2n) is 3.95. The summed E-state index contributed by atoms with van der Waals surface area (Å²) in [6, 6.07) is 1.46. The maximum Gasteiger partial charge on any atom is 0.244 e. The maximum atomic E-state index is 12.0. The molecule has 2 aromatic heterocycles. The van der Waals surface area contributed by atoms with Crippen molar-refractivity contribution in [1.29, 1.82) is 0 Å². The molecule has 0 atom stereocenters. The average Bonchev–Trinajstić information content (AvgIpc) is 2.88. The van der Waals surface area contributed by atoms with Crippen LogP contribution in [0.4, 0.5) is 5.69 Å². The molecule has 7 nitrogen and oxygen atoms in total. The predicted molar refractivity (Wildman–Crippen MR) is 70.7 cm³/mol. The van der Waals surface area contributed by atoms with E-state index in [-0.39, 0.29) is 10.6 Å². The van der Waals surface area contributed by atoms with Crippen LogP contribution in [0.15, 0.2) is 35.7 Å². The number of anilines is 1. The Morgan fingerprint density at radius 2 is 2.21 bits per heavy atom. The Balaban J connectivity index is 1.90. The molecule has 102 valence electrons. The minimum Gasteiger partial charge on any atom is -0.398 e. The van der Waals surface area contributed by atoms with E-state index in [0.717, 1.165) is 5.82 Å². The molecule has 0 aliphatic heterocycles. The quantitative estimate of drug-likeness (QED) is 0.659. The molecule has 2 heterocycles. The third-order valence-electron chi connectivity index (χ3n) is 2.54. The lowest BCUT2D eigenvalue weighted by molar-refractivity contribution is 0.578. The van der Waals surface area contributed by atoms with Crippen LogP contribution in [0.25, 0.3) is 0 Å². The van der Waals surface area contributed by atoms with Crippen LogP contribution in [0.2, 0.25) is 0 Å². The molecule has 0 fully saturated rings. The zero-order valence-corrected chi connectivity index (χ0v) is 11.0. The molecule has 8 heteroatoms. The van der Waals surface area contributed by atoms with Gasteiger partial charge in [0.15, 0.2) is 0 Å². The van der Waals surface area contributed by atoms with Crippen molar-refractivity contribution in [3.63, 3.8) is 0 Å². The van der Waals surface area contributed by atoms with E-state index in [1.165, 1.54) is 18.5 Å². The first-order valence-corrected chi connectivity index (χ1v) is 7.25. The monoisotopic (exact) mass is 281 g/mol. The molecule has 19 heavy (non-hydrogen) atoms. The van der Waals surface area contributed by atoms with Gasteiger partial charge in [-0.1, -0.05) is 0 Å². The average molecular weight is 281 g/mol. The van der Waals surface area contributed by atoms with Crippen LogP contribution in [0, 0.1) is 0 Å². The van der Waals surface area contributed by atoms with Crippen molar-refractivity contribution >= 4 is 15.7 Å². The van der Waals surface area contributed by atoms with Gasteiger partial charge < -0.3 is 10.7 Å². The van der Waals surface area contributed by atoms with Crippen molar-refractivity contribution in [2.75, 3.05) is 12.3 Å². The van der Waals surface area contributed by atoms with Crippen LogP contribution < -0.4 is 10.5 Å². The normalized spacial score (nSPS) is 11.6. The SMILES string of the molecule is Nc1ccncc1S(=O)(=O)NCCCc1ncc[nH]1. The van der Waals surface area contributed by atoms with Gasteiger partial charge in [0, 0.05) is 37.8 Å². The van der Waals surface area contributed by atoms with Gasteiger partial charge in [0.05, 0.1) is 5.69 Å². The minimum atomic E-state index is -3.60. The zero-order chi connectivity index (χ0) is 13.7. The molecule has 0 unspecified atom stereocenters. The van der Waals surface area contributed by atoms with Gasteiger partial charge in [-0.25, -0.2) is 18.1 Å². The molecule has 0 aliphatic carbocycles. The molecule has 0 spiro atoms. The van der Waals surface area contributed by atoms with Gasteiger partial charge in [0.1, 0.15) is 10.7 Å². The zero-order valence-electron chi connectivity index (χ0n) is 10.2. The summed E-state index contributed by atoms with van der Waals surface area (Å²) >= 11 is 0. The molecule has 0 aliphatic rings. The van der Waals surface area contributed by atoms with E-state index < -0.39 is 10.0 Å². The Bertz CT molecular complexity index is 624. The smallest absolute Gasteiger partial charge is 0.244 e. The Morgan fingerprint density at radius 1 is 1.37 bits per heavy atom. The number of imidazole rings is 1. The molecule has 0 amide bonds. The van der Waals surface area contributed by atoms with Crippen LogP contribution in [0.3, 0.4) is 0 Å². The van der Waals surface area contributed by atoms with Gasteiger partial charge in [0.25, 0.3) is 0 Å². The van der Waals surface area contributed by atoms with E-state index in [1.54, 1.807) is 12.4 Å². The standard InChI is InChI=1S/C11H15N5O2S/c12-9-3-5-13-8-10(9)19(17,18)16-4-1-2-11-14-6-7-15-11/h3,5-8,16H,1-2,4H2,(H2,12,13)(H,14,15). The van der Waals surface area contributed by atoms with Crippen LogP contribution in [-0.2, 0) is 16.4 Å². The fraction of sp³-hybridized carbons (Fsp3) is 0.273. The second kappa shape index (κ2) is 5.81. The van der Waals surface area contributed by atoms with E-state index in [0.29, 0.717) is 19.4 Å². The molecular weight excluding hydrogens is 266 g/mol. The van der Waals surface area contributed by atoms with Gasteiger partial charge >= 0.3 is 0 Å². The molecule has 2 aromatic rings. The second-order valence-corrected chi connectivity index (χ2v) is 5.69. The Morgan fingerprint density at radius 3 is 2.89 bits per heavy atom. The number of nitrogens with zero attached hydrogens (tertiary/aromatic N) is 2. The summed E-state index contributed by atoms with van der Waals surface area (Å²) < 4.78 is 26.4. The van der Waals surface area contributed by atoms with E-state index >= 15 is 0 Å². The van der Waals surface area contributed by atoms with Gasteiger partial charge in [-0.2, -0.15) is 0 Å². The first-order valence-electron chi connectivity index (χ1n) is 5.77. The number of H-pyrrole nitrogens is 1. The number of sulfonamides is 1. The number of nitrogens with two attached hydrogens (primary N) is 1. The maximum absolute atomic E-state index is 12.0. The number of nitrogen functional groups attached to an aromatic ring is 1. The van der Waals surface area contributed by atoms with E-state index in [1.807, 2.05) is 0 Å². The lowest BCUT2D eigenvalue weighted by atomic mass is 10.3. The first-order chi connectivity index (χ1) is 9.09. The highest BCUT2D eigenvalue weighted by atomic mass is 32.2. The largest absolute Gasteiger partial charge is 0.398 e. The highest BCUT2D eigenvalue weighted by Crippen LogP contribution is 2.15. The summed E-state index contributed by atoms with van der Waals surface area (Å²) in [5, 5.41) is 0. The molecule has 2 rings (SSSR count). The fourth-order valence-electron chi connectivity index (χ4n) is 1.59. The lowest BCUT2D eigenvalue weighted by Crippen LogP contribution is -2.26. The van der Waals surface area contributed by atoms with Crippen LogP contribution in [-0.4, -0.2) is 29.9 Å². The molecule has 0 saturated carbocycles. The predicted octanol–water partition coefficient (Wildman–Crippen LogP) is 0.298. The molecule has 4 N–H and O–H groups in total. The minimum absolute atomic E-state index is 0.00741. The van der Waals surface area contributed by atoms with Crippen LogP contribution >= 0.6 is 0 Å². The topological polar surface area (TPSA) is 114 Å². The molecule has 0 aromatic carbocycles. The third-order valence-corrected chi connectivity index (χ3v) is 4.05. The summed E-state index contributed by atoms with van der Waals surface area (Å²) in [5.74, 6) is 0.833. The molecule has 0 bridgehead atoms. The first kappa shape index (κ1) is 13.5. The summed E-state index contributed by atoms with van der Waals surface area (Å²) in [6.45, 7) is 0.317. The highest BCUT2D eigenvalue weighted by molar-refractivity contribution is 7.89. The number of aromatic nitrogens is 3.